The summed E-state index contributed by atoms with van der Waals surface area (Å²) in [4.78, 5) is 11.9. The van der Waals surface area contributed by atoms with E-state index in [-0.39, 0.29) is 17.3 Å². The molecule has 0 radical (unpaired) electrons. The molecule has 20 heavy (non-hydrogen) atoms. The summed E-state index contributed by atoms with van der Waals surface area (Å²) in [7, 11) is 3.11. The lowest BCUT2D eigenvalue weighted by molar-refractivity contribution is -0.143. The zero-order valence-electron chi connectivity index (χ0n) is 11.6. The van der Waals surface area contributed by atoms with Crippen LogP contribution in [0.1, 0.15) is 6.92 Å². The van der Waals surface area contributed by atoms with Gasteiger partial charge in [-0.05, 0) is 6.92 Å². The van der Waals surface area contributed by atoms with Crippen LogP contribution in [0.3, 0.4) is 0 Å². The van der Waals surface area contributed by atoms with E-state index in [1.165, 1.54) is 11.3 Å². The van der Waals surface area contributed by atoms with Gasteiger partial charge in [0.05, 0.1) is 31.0 Å². The lowest BCUT2D eigenvalue weighted by Crippen LogP contribution is -2.21. The van der Waals surface area contributed by atoms with E-state index >= 15 is 0 Å². The van der Waals surface area contributed by atoms with Gasteiger partial charge in [-0.15, -0.1) is 0 Å². The molecular weight excluding hydrogens is 280 g/mol. The Hall–Kier alpha value is -2.02. The average molecular weight is 296 g/mol. The predicted molar refractivity (Wildman–Crippen MR) is 75.4 cm³/mol. The van der Waals surface area contributed by atoms with Gasteiger partial charge in [-0.1, -0.05) is 11.3 Å². The van der Waals surface area contributed by atoms with Crippen LogP contribution < -0.4 is 14.3 Å². The Labute approximate surface area is 120 Å². The molecule has 0 unspecified atom stereocenters. The Balaban J connectivity index is 2.52. The monoisotopic (exact) mass is 296 g/mol. The predicted octanol–water partition coefficient (Wildman–Crippen LogP) is 1.76. The molecule has 1 aromatic carbocycles. The summed E-state index contributed by atoms with van der Waals surface area (Å²) in [6, 6.07) is 3.57. The number of hydrogen-bond acceptors (Lipinski definition) is 6. The summed E-state index contributed by atoms with van der Waals surface area (Å²) >= 11 is 1.27. The third kappa shape index (κ3) is 2.62. The molecule has 0 aliphatic carbocycles. The van der Waals surface area contributed by atoms with Gasteiger partial charge in [-0.3, -0.25) is 10.2 Å². The van der Waals surface area contributed by atoms with Crippen molar-refractivity contribution in [3.05, 3.63) is 16.9 Å². The third-order valence-corrected chi connectivity index (χ3v) is 3.76. The van der Waals surface area contributed by atoms with Crippen molar-refractivity contribution in [2.75, 3.05) is 20.8 Å². The Kier molecular flexibility index (Phi) is 4.29. The lowest BCUT2D eigenvalue weighted by atomic mass is 10.3. The Bertz CT molecular complexity index is 689. The number of fused-ring (bicyclic) bond motifs is 1. The van der Waals surface area contributed by atoms with Crippen LogP contribution in [0.2, 0.25) is 0 Å². The van der Waals surface area contributed by atoms with Crippen LogP contribution in [0.25, 0.3) is 10.2 Å². The average Bonchev–Trinajstić information content (AvgIpc) is 2.73. The highest BCUT2D eigenvalue weighted by molar-refractivity contribution is 7.16. The fourth-order valence-corrected chi connectivity index (χ4v) is 2.82. The summed E-state index contributed by atoms with van der Waals surface area (Å²) in [5, 5.41) is 7.97. The second-order valence-corrected chi connectivity index (χ2v) is 5.00. The van der Waals surface area contributed by atoms with Gasteiger partial charge in [-0.25, -0.2) is 0 Å². The molecule has 0 saturated heterocycles. The van der Waals surface area contributed by atoms with Gasteiger partial charge in [0.1, 0.15) is 6.54 Å². The maximum Gasteiger partial charge on any atom is 0.326 e. The fourth-order valence-electron chi connectivity index (χ4n) is 1.90. The SMILES string of the molecule is CCOC(=O)Cn1c(=N)sc2cc(OC)c(OC)cc21. The van der Waals surface area contributed by atoms with E-state index in [0.29, 0.717) is 18.1 Å². The summed E-state index contributed by atoms with van der Waals surface area (Å²) < 4.78 is 17.9. The standard InChI is InChI=1S/C13H16N2O4S/c1-4-19-12(16)7-15-8-5-9(17-2)10(18-3)6-11(8)20-13(15)14/h5-6,14H,4,7H2,1-3H3. The second-order valence-electron chi connectivity index (χ2n) is 3.97. The van der Waals surface area contributed by atoms with Crippen LogP contribution in [0.5, 0.6) is 11.5 Å². The molecule has 1 N–H and O–H groups in total. The van der Waals surface area contributed by atoms with E-state index in [9.17, 15) is 4.79 Å². The molecule has 0 spiro atoms. The van der Waals surface area contributed by atoms with Gasteiger partial charge in [-0.2, -0.15) is 0 Å². The largest absolute Gasteiger partial charge is 0.493 e. The van der Waals surface area contributed by atoms with Gasteiger partial charge < -0.3 is 18.8 Å². The van der Waals surface area contributed by atoms with Gasteiger partial charge in [0, 0.05) is 12.1 Å². The molecule has 6 nitrogen and oxygen atoms in total. The van der Waals surface area contributed by atoms with Crippen LogP contribution in [0.15, 0.2) is 12.1 Å². The summed E-state index contributed by atoms with van der Waals surface area (Å²) in [6.45, 7) is 2.10. The number of carbonyl (C=O) groups is 1. The summed E-state index contributed by atoms with van der Waals surface area (Å²) in [5.41, 5.74) is 0.755. The Morgan fingerprint density at radius 2 is 1.95 bits per heavy atom. The van der Waals surface area contributed by atoms with E-state index in [1.807, 2.05) is 0 Å². The number of nitrogens with one attached hydrogen (secondary N) is 1. The zero-order chi connectivity index (χ0) is 14.7. The number of benzene rings is 1. The Morgan fingerprint density at radius 1 is 1.30 bits per heavy atom. The van der Waals surface area contributed by atoms with Gasteiger partial charge in [0.2, 0.25) is 0 Å². The van der Waals surface area contributed by atoms with Gasteiger partial charge in [0.15, 0.2) is 16.3 Å². The number of hydrogen-bond donors (Lipinski definition) is 1. The molecule has 108 valence electrons. The summed E-state index contributed by atoms with van der Waals surface area (Å²) in [6.07, 6.45) is 0. The van der Waals surface area contributed by atoms with Crippen molar-refractivity contribution >= 4 is 27.5 Å². The normalized spacial score (nSPS) is 10.6. The molecule has 0 bridgehead atoms. The fraction of sp³-hybridized carbons (Fsp3) is 0.385. The number of rotatable bonds is 5. The van der Waals surface area contributed by atoms with Crippen molar-refractivity contribution in [3.8, 4) is 11.5 Å². The highest BCUT2D eigenvalue weighted by Crippen LogP contribution is 2.33. The van der Waals surface area contributed by atoms with E-state index < -0.39 is 0 Å². The van der Waals surface area contributed by atoms with E-state index in [0.717, 1.165) is 10.2 Å². The number of ether oxygens (including phenoxy) is 3. The molecular formula is C13H16N2O4S. The number of esters is 1. The highest BCUT2D eigenvalue weighted by Gasteiger charge is 2.14. The van der Waals surface area contributed by atoms with Gasteiger partial charge >= 0.3 is 5.97 Å². The zero-order valence-corrected chi connectivity index (χ0v) is 12.4. The molecule has 0 aliphatic rings. The smallest absolute Gasteiger partial charge is 0.326 e. The van der Waals surface area contributed by atoms with Crippen LogP contribution in [0.4, 0.5) is 0 Å². The molecule has 0 aliphatic heterocycles. The molecule has 0 amide bonds. The van der Waals surface area contributed by atoms with E-state index in [2.05, 4.69) is 0 Å². The van der Waals surface area contributed by atoms with Crippen molar-refractivity contribution in [1.82, 2.24) is 4.57 Å². The molecule has 7 heteroatoms. The highest BCUT2D eigenvalue weighted by atomic mass is 32.1. The molecule has 2 aromatic rings. The number of aromatic nitrogens is 1. The molecule has 2 rings (SSSR count). The minimum absolute atomic E-state index is 0.0160. The van der Waals surface area contributed by atoms with Crippen molar-refractivity contribution in [3.63, 3.8) is 0 Å². The molecule has 0 saturated carbocycles. The topological polar surface area (TPSA) is 73.5 Å². The van der Waals surface area contributed by atoms with Crippen LogP contribution in [-0.2, 0) is 16.1 Å². The number of carbonyl (C=O) groups excluding carboxylic acids is 1. The lowest BCUT2D eigenvalue weighted by Gasteiger charge is -2.09. The first-order chi connectivity index (χ1) is 9.60. The first-order valence-electron chi connectivity index (χ1n) is 6.06. The van der Waals surface area contributed by atoms with Crippen LogP contribution in [0, 0.1) is 5.41 Å². The molecule has 1 heterocycles. The minimum atomic E-state index is -0.361. The maximum absolute atomic E-state index is 11.6. The molecule has 0 atom stereocenters. The second kappa shape index (κ2) is 5.96. The molecule has 1 aromatic heterocycles. The maximum atomic E-state index is 11.6. The van der Waals surface area contributed by atoms with Crippen LogP contribution >= 0.6 is 11.3 Å². The van der Waals surface area contributed by atoms with Crippen LogP contribution in [-0.4, -0.2) is 31.4 Å². The van der Waals surface area contributed by atoms with E-state index in [4.69, 9.17) is 19.6 Å². The first-order valence-corrected chi connectivity index (χ1v) is 6.88. The van der Waals surface area contributed by atoms with Crippen molar-refractivity contribution in [1.29, 1.82) is 5.41 Å². The molecule has 0 fully saturated rings. The quantitative estimate of drug-likeness (QED) is 0.853. The number of methoxy groups -OCH3 is 2. The van der Waals surface area contributed by atoms with Crippen molar-refractivity contribution in [2.24, 2.45) is 0 Å². The summed E-state index contributed by atoms with van der Waals surface area (Å²) in [5.74, 6) is 0.806. The number of thiazole rings is 1. The third-order valence-electron chi connectivity index (χ3n) is 2.80. The first kappa shape index (κ1) is 14.4. The number of nitrogens with zero attached hydrogens (tertiary/aromatic N) is 1. The minimum Gasteiger partial charge on any atom is -0.493 e. The van der Waals surface area contributed by atoms with Gasteiger partial charge in [0.25, 0.3) is 0 Å². The van der Waals surface area contributed by atoms with Crippen molar-refractivity contribution in [2.45, 2.75) is 13.5 Å². The Morgan fingerprint density at radius 3 is 2.55 bits per heavy atom. The van der Waals surface area contributed by atoms with E-state index in [1.54, 1.807) is 37.8 Å². The van der Waals surface area contributed by atoms with Crippen molar-refractivity contribution < 1.29 is 19.0 Å².